The third kappa shape index (κ3) is 4.11. The molecule has 0 saturated heterocycles. The lowest BCUT2D eigenvalue weighted by Crippen LogP contribution is -2.26. The molecular formula is C18H18ClNO3. The second-order valence-electron chi connectivity index (χ2n) is 5.53. The maximum Gasteiger partial charge on any atom is 0.328 e. The number of aliphatic imine (C=N–C) groups is 1. The molecule has 0 aliphatic heterocycles. The number of phenolic OH excluding ortho intramolecular Hbond substituents is 1. The van der Waals surface area contributed by atoms with Crippen LogP contribution >= 0.6 is 11.6 Å². The number of halogens is 1. The summed E-state index contributed by atoms with van der Waals surface area (Å²) in [5, 5.41) is 20.0. The fraction of sp³-hybridized carbons (Fsp3) is 0.222. The maximum atomic E-state index is 11.5. The Morgan fingerprint density at radius 3 is 2.35 bits per heavy atom. The minimum absolute atomic E-state index is 0.00454. The number of hydrogen-bond donors (Lipinski definition) is 2. The van der Waals surface area contributed by atoms with E-state index in [0.717, 1.165) is 5.56 Å². The molecule has 0 amide bonds. The topological polar surface area (TPSA) is 69.9 Å². The summed E-state index contributed by atoms with van der Waals surface area (Å²) in [6, 6.07) is 12.9. The van der Waals surface area contributed by atoms with Crippen molar-refractivity contribution in [2.45, 2.75) is 19.9 Å². The first-order chi connectivity index (χ1) is 10.9. The zero-order valence-corrected chi connectivity index (χ0v) is 13.7. The summed E-state index contributed by atoms with van der Waals surface area (Å²) in [6.45, 7) is 3.59. The van der Waals surface area contributed by atoms with Crippen LogP contribution in [0.5, 0.6) is 5.75 Å². The van der Waals surface area contributed by atoms with Gasteiger partial charge in [-0.2, -0.15) is 0 Å². The molecule has 0 fully saturated rings. The van der Waals surface area contributed by atoms with Gasteiger partial charge in [0.15, 0.2) is 0 Å². The number of carboxylic acids is 1. The van der Waals surface area contributed by atoms with Crippen molar-refractivity contribution in [1.29, 1.82) is 0 Å². The van der Waals surface area contributed by atoms with Gasteiger partial charge in [-0.1, -0.05) is 55.8 Å². The number of aromatic hydroxyl groups is 1. The Bertz CT molecular complexity index is 726. The van der Waals surface area contributed by atoms with Crippen LogP contribution in [0, 0.1) is 5.92 Å². The van der Waals surface area contributed by atoms with Crippen molar-refractivity contribution in [3.8, 4) is 5.75 Å². The van der Waals surface area contributed by atoms with Gasteiger partial charge in [0.05, 0.1) is 5.71 Å². The highest BCUT2D eigenvalue weighted by molar-refractivity contribution is 6.31. The standard InChI is InChI=1S/C18H18ClNO3/c1-11(2)16(18(22)23)20-17(12-6-4-3-5-7-12)14-10-13(19)8-9-15(14)21/h3-11,16,21H,1-2H3,(H,22,23). The van der Waals surface area contributed by atoms with Gasteiger partial charge in [-0.05, 0) is 24.1 Å². The third-order valence-corrected chi connectivity index (χ3v) is 3.65. The van der Waals surface area contributed by atoms with Gasteiger partial charge in [0.2, 0.25) is 0 Å². The summed E-state index contributed by atoms with van der Waals surface area (Å²) in [7, 11) is 0. The van der Waals surface area contributed by atoms with Crippen molar-refractivity contribution >= 4 is 23.3 Å². The molecule has 120 valence electrons. The molecule has 2 aromatic carbocycles. The van der Waals surface area contributed by atoms with Gasteiger partial charge in [-0.15, -0.1) is 0 Å². The predicted molar refractivity (Wildman–Crippen MR) is 91.5 cm³/mol. The molecule has 0 bridgehead atoms. The molecule has 2 aromatic rings. The first-order valence-electron chi connectivity index (χ1n) is 7.25. The Kier molecular flexibility index (Phi) is 5.40. The fourth-order valence-electron chi connectivity index (χ4n) is 2.22. The van der Waals surface area contributed by atoms with Crippen LogP contribution in [0.1, 0.15) is 25.0 Å². The number of benzene rings is 2. The van der Waals surface area contributed by atoms with Crippen molar-refractivity contribution in [1.82, 2.24) is 0 Å². The van der Waals surface area contributed by atoms with Gasteiger partial charge in [0.1, 0.15) is 11.8 Å². The first kappa shape index (κ1) is 17.0. The Balaban J connectivity index is 2.66. The van der Waals surface area contributed by atoms with E-state index < -0.39 is 12.0 Å². The molecule has 0 heterocycles. The molecule has 0 aromatic heterocycles. The highest BCUT2D eigenvalue weighted by atomic mass is 35.5. The van der Waals surface area contributed by atoms with E-state index in [0.29, 0.717) is 16.3 Å². The summed E-state index contributed by atoms with van der Waals surface area (Å²) in [5.74, 6) is -1.19. The number of carbonyl (C=O) groups is 1. The minimum Gasteiger partial charge on any atom is -0.507 e. The molecule has 2 N–H and O–H groups in total. The highest BCUT2D eigenvalue weighted by Crippen LogP contribution is 2.26. The van der Waals surface area contributed by atoms with E-state index in [4.69, 9.17) is 11.6 Å². The van der Waals surface area contributed by atoms with E-state index in [1.165, 1.54) is 6.07 Å². The number of rotatable bonds is 5. The predicted octanol–water partition coefficient (Wildman–Crippen LogP) is 3.99. The molecule has 0 spiro atoms. The number of carboxylic acid groups (broad SMARTS) is 1. The average molecular weight is 332 g/mol. The molecule has 0 aliphatic carbocycles. The summed E-state index contributed by atoms with van der Waals surface area (Å²) in [4.78, 5) is 15.9. The van der Waals surface area contributed by atoms with Crippen molar-refractivity contribution in [2.75, 3.05) is 0 Å². The number of hydrogen-bond acceptors (Lipinski definition) is 3. The smallest absolute Gasteiger partial charge is 0.328 e. The van der Waals surface area contributed by atoms with Gasteiger partial charge in [0, 0.05) is 16.1 Å². The summed E-state index contributed by atoms with van der Waals surface area (Å²) in [6.07, 6.45) is 0. The Hall–Kier alpha value is -2.33. The van der Waals surface area contributed by atoms with E-state index in [2.05, 4.69) is 4.99 Å². The van der Waals surface area contributed by atoms with E-state index in [9.17, 15) is 15.0 Å². The van der Waals surface area contributed by atoms with Crippen molar-refractivity contribution in [3.05, 3.63) is 64.7 Å². The molecular weight excluding hydrogens is 314 g/mol. The molecule has 4 nitrogen and oxygen atoms in total. The minimum atomic E-state index is -1.00. The molecule has 5 heteroatoms. The van der Waals surface area contributed by atoms with Crippen LogP contribution in [0.3, 0.4) is 0 Å². The zero-order chi connectivity index (χ0) is 17.0. The lowest BCUT2D eigenvalue weighted by Gasteiger charge is -2.16. The second-order valence-corrected chi connectivity index (χ2v) is 5.97. The van der Waals surface area contributed by atoms with Gasteiger partial charge < -0.3 is 10.2 Å². The SMILES string of the molecule is CC(C)C(N=C(c1ccccc1)c1cc(Cl)ccc1O)C(=O)O. The van der Waals surface area contributed by atoms with Gasteiger partial charge in [-0.3, -0.25) is 4.99 Å². The Morgan fingerprint density at radius 2 is 1.78 bits per heavy atom. The summed E-state index contributed by atoms with van der Waals surface area (Å²) < 4.78 is 0. The van der Waals surface area contributed by atoms with Crippen LogP contribution in [0.25, 0.3) is 0 Å². The van der Waals surface area contributed by atoms with Crippen LogP contribution in [0.15, 0.2) is 53.5 Å². The van der Waals surface area contributed by atoms with Crippen molar-refractivity contribution < 1.29 is 15.0 Å². The van der Waals surface area contributed by atoms with Crippen molar-refractivity contribution in [2.24, 2.45) is 10.9 Å². The normalized spacial score (nSPS) is 13.1. The maximum absolute atomic E-state index is 11.5. The largest absolute Gasteiger partial charge is 0.507 e. The number of nitrogens with zero attached hydrogens (tertiary/aromatic N) is 1. The van der Waals surface area contributed by atoms with Crippen LogP contribution in [0.2, 0.25) is 5.02 Å². The highest BCUT2D eigenvalue weighted by Gasteiger charge is 2.23. The molecule has 0 saturated carbocycles. The van der Waals surface area contributed by atoms with Crippen LogP contribution < -0.4 is 0 Å². The Labute approximate surface area is 140 Å². The molecule has 0 aliphatic rings. The van der Waals surface area contributed by atoms with Gasteiger partial charge in [0.25, 0.3) is 0 Å². The zero-order valence-electron chi connectivity index (χ0n) is 12.9. The molecule has 23 heavy (non-hydrogen) atoms. The van der Waals surface area contributed by atoms with Gasteiger partial charge in [-0.25, -0.2) is 4.79 Å². The molecule has 2 rings (SSSR count). The number of phenols is 1. The van der Waals surface area contributed by atoms with E-state index in [1.807, 2.05) is 30.3 Å². The van der Waals surface area contributed by atoms with Crippen LogP contribution in [-0.2, 0) is 4.79 Å². The van der Waals surface area contributed by atoms with Gasteiger partial charge >= 0.3 is 5.97 Å². The summed E-state index contributed by atoms with van der Waals surface area (Å²) >= 11 is 6.03. The lowest BCUT2D eigenvalue weighted by atomic mass is 9.99. The molecule has 1 unspecified atom stereocenters. The Morgan fingerprint density at radius 1 is 1.13 bits per heavy atom. The van der Waals surface area contributed by atoms with E-state index >= 15 is 0 Å². The second kappa shape index (κ2) is 7.29. The van der Waals surface area contributed by atoms with Crippen LogP contribution in [-0.4, -0.2) is 27.9 Å². The van der Waals surface area contributed by atoms with E-state index in [-0.39, 0.29) is 11.7 Å². The molecule has 0 radical (unpaired) electrons. The summed E-state index contributed by atoms with van der Waals surface area (Å²) in [5.41, 5.74) is 1.54. The first-order valence-corrected chi connectivity index (χ1v) is 7.63. The molecule has 1 atom stereocenters. The van der Waals surface area contributed by atoms with Crippen LogP contribution in [0.4, 0.5) is 0 Å². The van der Waals surface area contributed by atoms with E-state index in [1.54, 1.807) is 26.0 Å². The average Bonchev–Trinajstić information content (AvgIpc) is 2.51. The fourth-order valence-corrected chi connectivity index (χ4v) is 2.39. The quantitative estimate of drug-likeness (QED) is 0.814. The van der Waals surface area contributed by atoms with Crippen molar-refractivity contribution in [3.63, 3.8) is 0 Å². The lowest BCUT2D eigenvalue weighted by molar-refractivity contribution is -0.139. The monoisotopic (exact) mass is 331 g/mol. The number of aliphatic carboxylic acids is 1. The third-order valence-electron chi connectivity index (χ3n) is 3.41.